The molecule has 0 aromatic heterocycles. The smallest absolute Gasteiger partial charge is 0.121 e. The van der Waals surface area contributed by atoms with E-state index < -0.39 is 0 Å². The van der Waals surface area contributed by atoms with E-state index in [1.165, 1.54) is 0 Å². The van der Waals surface area contributed by atoms with Crippen LogP contribution in [-0.2, 0) is 4.74 Å². The Morgan fingerprint density at radius 1 is 1.40 bits per heavy atom. The van der Waals surface area contributed by atoms with Crippen LogP contribution in [0.5, 0.6) is 0 Å². The van der Waals surface area contributed by atoms with Crippen LogP contribution in [0.15, 0.2) is 30.3 Å². The summed E-state index contributed by atoms with van der Waals surface area (Å²) in [5, 5.41) is 12.2. The van der Waals surface area contributed by atoms with Crippen molar-refractivity contribution in [2.75, 3.05) is 20.3 Å². The van der Waals surface area contributed by atoms with Gasteiger partial charge in [0, 0.05) is 13.7 Å². The van der Waals surface area contributed by atoms with Gasteiger partial charge >= 0.3 is 0 Å². The van der Waals surface area contributed by atoms with Gasteiger partial charge in [-0.3, -0.25) is 5.32 Å². The maximum atomic E-state index is 8.99. The lowest BCUT2D eigenvalue weighted by Crippen LogP contribution is -2.21. The van der Waals surface area contributed by atoms with E-state index in [2.05, 4.69) is 11.4 Å². The SMILES string of the molecule is COCCCNC(C#N)c1ccccc1. The molecule has 0 amide bonds. The molecule has 1 aromatic carbocycles. The third-order valence-corrected chi connectivity index (χ3v) is 2.14. The van der Waals surface area contributed by atoms with Crippen LogP contribution < -0.4 is 5.32 Å². The summed E-state index contributed by atoms with van der Waals surface area (Å²) >= 11 is 0. The normalized spacial score (nSPS) is 12.0. The summed E-state index contributed by atoms with van der Waals surface area (Å²) in [5.74, 6) is 0. The highest BCUT2D eigenvalue weighted by Gasteiger charge is 2.07. The van der Waals surface area contributed by atoms with Crippen molar-refractivity contribution in [3.8, 4) is 6.07 Å². The Labute approximate surface area is 90.7 Å². The standard InChI is InChI=1S/C12H16N2O/c1-15-9-5-8-14-12(10-13)11-6-3-2-4-7-11/h2-4,6-7,12,14H,5,8-9H2,1H3. The molecule has 0 saturated carbocycles. The molecule has 80 valence electrons. The van der Waals surface area contributed by atoms with E-state index in [9.17, 15) is 0 Å². The number of hydrogen-bond acceptors (Lipinski definition) is 3. The second kappa shape index (κ2) is 6.99. The molecule has 0 fully saturated rings. The molecule has 1 atom stereocenters. The lowest BCUT2D eigenvalue weighted by Gasteiger charge is -2.11. The Bertz CT molecular complexity index is 305. The zero-order valence-corrected chi connectivity index (χ0v) is 8.94. The molecule has 1 rings (SSSR count). The molecule has 1 N–H and O–H groups in total. The highest BCUT2D eigenvalue weighted by Crippen LogP contribution is 2.10. The quantitative estimate of drug-likeness (QED) is 0.719. The molecule has 0 aliphatic carbocycles. The summed E-state index contributed by atoms with van der Waals surface area (Å²) in [5.41, 5.74) is 1.01. The van der Waals surface area contributed by atoms with Gasteiger partial charge in [-0.05, 0) is 18.5 Å². The molecule has 0 aliphatic rings. The second-order valence-corrected chi connectivity index (χ2v) is 3.27. The fourth-order valence-corrected chi connectivity index (χ4v) is 1.35. The Balaban J connectivity index is 2.41. The highest BCUT2D eigenvalue weighted by molar-refractivity contribution is 5.23. The minimum absolute atomic E-state index is 0.219. The average molecular weight is 204 g/mol. The average Bonchev–Trinajstić information content (AvgIpc) is 2.30. The third kappa shape index (κ3) is 4.11. The number of ether oxygens (including phenoxy) is 1. The molecule has 0 radical (unpaired) electrons. The van der Waals surface area contributed by atoms with Gasteiger partial charge < -0.3 is 4.74 Å². The van der Waals surface area contributed by atoms with Crippen molar-refractivity contribution in [3.05, 3.63) is 35.9 Å². The Kier molecular flexibility index (Phi) is 5.46. The molecular formula is C12H16N2O. The van der Waals surface area contributed by atoms with Crippen molar-refractivity contribution in [3.63, 3.8) is 0 Å². The maximum Gasteiger partial charge on any atom is 0.121 e. The number of nitrogens with one attached hydrogen (secondary N) is 1. The molecule has 0 saturated heterocycles. The van der Waals surface area contributed by atoms with Gasteiger partial charge in [0.1, 0.15) is 6.04 Å². The van der Waals surface area contributed by atoms with E-state index in [0.717, 1.165) is 25.1 Å². The van der Waals surface area contributed by atoms with Crippen molar-refractivity contribution in [1.29, 1.82) is 5.26 Å². The van der Waals surface area contributed by atoms with Crippen LogP contribution in [0.3, 0.4) is 0 Å². The Morgan fingerprint density at radius 2 is 2.13 bits per heavy atom. The van der Waals surface area contributed by atoms with Crippen LogP contribution in [-0.4, -0.2) is 20.3 Å². The first kappa shape index (κ1) is 11.7. The molecular weight excluding hydrogens is 188 g/mol. The first-order valence-electron chi connectivity index (χ1n) is 5.05. The van der Waals surface area contributed by atoms with Gasteiger partial charge in [-0.15, -0.1) is 0 Å². The van der Waals surface area contributed by atoms with E-state index in [4.69, 9.17) is 10.00 Å². The summed E-state index contributed by atoms with van der Waals surface area (Å²) < 4.78 is 4.94. The van der Waals surface area contributed by atoms with Crippen LogP contribution >= 0.6 is 0 Å². The fourth-order valence-electron chi connectivity index (χ4n) is 1.35. The monoisotopic (exact) mass is 204 g/mol. The predicted molar refractivity (Wildman–Crippen MR) is 59.3 cm³/mol. The molecule has 0 aliphatic heterocycles. The maximum absolute atomic E-state index is 8.99. The first-order valence-corrected chi connectivity index (χ1v) is 5.05. The second-order valence-electron chi connectivity index (χ2n) is 3.27. The van der Waals surface area contributed by atoms with Gasteiger partial charge in [0.15, 0.2) is 0 Å². The Morgan fingerprint density at radius 3 is 2.73 bits per heavy atom. The van der Waals surface area contributed by atoms with Crippen molar-refractivity contribution >= 4 is 0 Å². The van der Waals surface area contributed by atoms with E-state index in [0.29, 0.717) is 0 Å². The lowest BCUT2D eigenvalue weighted by molar-refractivity contribution is 0.194. The summed E-state index contributed by atoms with van der Waals surface area (Å²) in [7, 11) is 1.68. The molecule has 3 nitrogen and oxygen atoms in total. The number of methoxy groups -OCH3 is 1. The van der Waals surface area contributed by atoms with Gasteiger partial charge in [0.05, 0.1) is 6.07 Å². The number of benzene rings is 1. The Hall–Kier alpha value is -1.37. The van der Waals surface area contributed by atoms with Gasteiger partial charge in [-0.25, -0.2) is 0 Å². The summed E-state index contributed by atoms with van der Waals surface area (Å²) in [6.07, 6.45) is 0.918. The van der Waals surface area contributed by atoms with Crippen LogP contribution in [0.2, 0.25) is 0 Å². The van der Waals surface area contributed by atoms with Crippen molar-refractivity contribution in [2.45, 2.75) is 12.5 Å². The largest absolute Gasteiger partial charge is 0.385 e. The molecule has 0 bridgehead atoms. The zero-order valence-electron chi connectivity index (χ0n) is 8.94. The molecule has 0 heterocycles. The van der Waals surface area contributed by atoms with Crippen LogP contribution in [0, 0.1) is 11.3 Å². The predicted octanol–water partition coefficient (Wildman–Crippen LogP) is 1.88. The van der Waals surface area contributed by atoms with Crippen molar-refractivity contribution in [1.82, 2.24) is 5.32 Å². The lowest BCUT2D eigenvalue weighted by atomic mass is 10.1. The van der Waals surface area contributed by atoms with Gasteiger partial charge in [0.25, 0.3) is 0 Å². The van der Waals surface area contributed by atoms with Crippen molar-refractivity contribution in [2.24, 2.45) is 0 Å². The minimum Gasteiger partial charge on any atom is -0.385 e. The minimum atomic E-state index is -0.219. The number of nitrogens with zero attached hydrogens (tertiary/aromatic N) is 1. The molecule has 0 spiro atoms. The highest BCUT2D eigenvalue weighted by atomic mass is 16.5. The van der Waals surface area contributed by atoms with Gasteiger partial charge in [-0.1, -0.05) is 30.3 Å². The molecule has 1 aromatic rings. The third-order valence-electron chi connectivity index (χ3n) is 2.14. The molecule has 1 unspecified atom stereocenters. The van der Waals surface area contributed by atoms with E-state index in [1.54, 1.807) is 7.11 Å². The van der Waals surface area contributed by atoms with E-state index >= 15 is 0 Å². The van der Waals surface area contributed by atoms with Gasteiger partial charge in [0.2, 0.25) is 0 Å². The zero-order chi connectivity index (χ0) is 10.9. The fraction of sp³-hybridized carbons (Fsp3) is 0.417. The first-order chi connectivity index (χ1) is 7.38. The van der Waals surface area contributed by atoms with Crippen molar-refractivity contribution < 1.29 is 4.74 Å². The van der Waals surface area contributed by atoms with Crippen LogP contribution in [0.25, 0.3) is 0 Å². The van der Waals surface area contributed by atoms with E-state index in [1.807, 2.05) is 30.3 Å². The summed E-state index contributed by atoms with van der Waals surface area (Å²) in [4.78, 5) is 0. The topological polar surface area (TPSA) is 45.0 Å². The van der Waals surface area contributed by atoms with Gasteiger partial charge in [-0.2, -0.15) is 5.26 Å². The van der Waals surface area contributed by atoms with E-state index in [-0.39, 0.29) is 6.04 Å². The summed E-state index contributed by atoms with van der Waals surface area (Å²) in [6, 6.07) is 11.8. The number of hydrogen-bond donors (Lipinski definition) is 1. The summed E-state index contributed by atoms with van der Waals surface area (Å²) in [6.45, 7) is 1.51. The van der Waals surface area contributed by atoms with Crippen LogP contribution in [0.4, 0.5) is 0 Å². The number of rotatable bonds is 6. The molecule has 3 heteroatoms. The number of nitriles is 1. The van der Waals surface area contributed by atoms with Crippen LogP contribution in [0.1, 0.15) is 18.0 Å². The molecule has 15 heavy (non-hydrogen) atoms.